The third-order valence-electron chi connectivity index (χ3n) is 4.79. The van der Waals surface area contributed by atoms with E-state index in [2.05, 4.69) is 13.8 Å². The molecule has 0 spiro atoms. The zero-order valence-corrected chi connectivity index (χ0v) is 16.9. The lowest BCUT2D eigenvalue weighted by Crippen LogP contribution is -2.31. The standard InChI is InChI=1S/C21H40O5/c1-3-5-7-9-11-13-15-18(16-14-12-10-8-6-4-2)20(24)26-21(25)19(23)17-22/h18-19,22-23H,3-17H2,1-2H3. The highest BCUT2D eigenvalue weighted by Gasteiger charge is 2.25. The van der Waals surface area contributed by atoms with Crippen LogP contribution >= 0.6 is 0 Å². The van der Waals surface area contributed by atoms with Crippen molar-refractivity contribution in [2.75, 3.05) is 6.61 Å². The van der Waals surface area contributed by atoms with E-state index in [1.807, 2.05) is 0 Å². The van der Waals surface area contributed by atoms with Gasteiger partial charge in [-0.1, -0.05) is 90.9 Å². The number of carbonyl (C=O) groups excluding carboxylic acids is 2. The van der Waals surface area contributed by atoms with Crippen molar-refractivity contribution in [3.05, 3.63) is 0 Å². The largest absolute Gasteiger partial charge is 0.393 e. The summed E-state index contributed by atoms with van der Waals surface area (Å²) in [5.74, 6) is -1.89. The highest BCUT2D eigenvalue weighted by Crippen LogP contribution is 2.21. The maximum absolute atomic E-state index is 12.3. The fourth-order valence-electron chi connectivity index (χ4n) is 3.05. The molecule has 5 heteroatoms. The van der Waals surface area contributed by atoms with E-state index in [4.69, 9.17) is 9.84 Å². The smallest absolute Gasteiger partial charge is 0.345 e. The summed E-state index contributed by atoms with van der Waals surface area (Å²) in [5.41, 5.74) is 0. The second-order valence-electron chi connectivity index (χ2n) is 7.25. The van der Waals surface area contributed by atoms with Crippen LogP contribution in [0.2, 0.25) is 0 Å². The molecule has 0 bridgehead atoms. The fourth-order valence-corrected chi connectivity index (χ4v) is 3.05. The summed E-state index contributed by atoms with van der Waals surface area (Å²) in [6.07, 6.45) is 13.6. The van der Waals surface area contributed by atoms with E-state index < -0.39 is 24.6 Å². The van der Waals surface area contributed by atoms with Crippen molar-refractivity contribution in [2.45, 2.75) is 110 Å². The molecule has 0 aromatic heterocycles. The molecular weight excluding hydrogens is 332 g/mol. The summed E-state index contributed by atoms with van der Waals surface area (Å²) in [6, 6.07) is 0. The Morgan fingerprint density at radius 1 is 0.731 bits per heavy atom. The Morgan fingerprint density at radius 2 is 1.15 bits per heavy atom. The minimum absolute atomic E-state index is 0.290. The van der Waals surface area contributed by atoms with Gasteiger partial charge in [-0.05, 0) is 12.8 Å². The molecule has 0 aliphatic rings. The lowest BCUT2D eigenvalue weighted by molar-refractivity contribution is -0.170. The van der Waals surface area contributed by atoms with Gasteiger partial charge in [-0.15, -0.1) is 0 Å². The molecular formula is C21H40O5. The fraction of sp³-hybridized carbons (Fsp3) is 0.905. The molecule has 0 rings (SSSR count). The second kappa shape index (κ2) is 17.5. The van der Waals surface area contributed by atoms with Crippen LogP contribution in [0, 0.1) is 5.92 Å². The first-order chi connectivity index (χ1) is 12.6. The van der Waals surface area contributed by atoms with Gasteiger partial charge in [0.1, 0.15) is 0 Å². The Labute approximate surface area is 159 Å². The van der Waals surface area contributed by atoms with Crippen molar-refractivity contribution in [3.63, 3.8) is 0 Å². The van der Waals surface area contributed by atoms with E-state index in [1.165, 1.54) is 51.4 Å². The van der Waals surface area contributed by atoms with Crippen LogP contribution in [0.5, 0.6) is 0 Å². The monoisotopic (exact) mass is 372 g/mol. The first-order valence-corrected chi connectivity index (χ1v) is 10.6. The molecule has 0 aromatic carbocycles. The summed E-state index contributed by atoms with van der Waals surface area (Å²) >= 11 is 0. The van der Waals surface area contributed by atoms with Crippen molar-refractivity contribution in [1.82, 2.24) is 0 Å². The van der Waals surface area contributed by atoms with Crippen LogP contribution in [-0.4, -0.2) is 34.9 Å². The van der Waals surface area contributed by atoms with Gasteiger partial charge >= 0.3 is 11.9 Å². The minimum atomic E-state index is -1.64. The van der Waals surface area contributed by atoms with Crippen LogP contribution in [0.15, 0.2) is 0 Å². The van der Waals surface area contributed by atoms with Gasteiger partial charge in [-0.25, -0.2) is 4.79 Å². The van der Waals surface area contributed by atoms with E-state index in [0.29, 0.717) is 0 Å². The third kappa shape index (κ3) is 13.3. The predicted molar refractivity (Wildman–Crippen MR) is 104 cm³/mol. The summed E-state index contributed by atoms with van der Waals surface area (Å²) in [6.45, 7) is 3.64. The van der Waals surface area contributed by atoms with Crippen LogP contribution in [0.1, 0.15) is 104 Å². The van der Waals surface area contributed by atoms with Crippen LogP contribution in [0.3, 0.4) is 0 Å². The van der Waals surface area contributed by atoms with Gasteiger partial charge in [-0.2, -0.15) is 0 Å². The Balaban J connectivity index is 4.28. The quantitative estimate of drug-likeness (QED) is 0.223. The maximum atomic E-state index is 12.3. The van der Waals surface area contributed by atoms with Gasteiger partial charge in [0.05, 0.1) is 12.5 Å². The lowest BCUT2D eigenvalue weighted by atomic mass is 9.94. The molecule has 0 radical (unpaired) electrons. The van der Waals surface area contributed by atoms with Gasteiger partial charge in [0.25, 0.3) is 0 Å². The summed E-state index contributed by atoms with van der Waals surface area (Å²) in [4.78, 5) is 23.8. The Bertz CT molecular complexity index is 340. The highest BCUT2D eigenvalue weighted by molar-refractivity contribution is 5.88. The van der Waals surface area contributed by atoms with Crippen molar-refractivity contribution >= 4 is 11.9 Å². The van der Waals surface area contributed by atoms with Gasteiger partial charge in [-0.3, -0.25) is 4.79 Å². The third-order valence-corrected chi connectivity index (χ3v) is 4.79. The highest BCUT2D eigenvalue weighted by atomic mass is 16.6. The average Bonchev–Trinajstić information content (AvgIpc) is 2.64. The average molecular weight is 373 g/mol. The molecule has 154 valence electrons. The van der Waals surface area contributed by atoms with Gasteiger partial charge in [0.2, 0.25) is 0 Å². The first-order valence-electron chi connectivity index (χ1n) is 10.6. The number of ether oxygens (including phenoxy) is 1. The van der Waals surface area contributed by atoms with E-state index in [0.717, 1.165) is 38.5 Å². The van der Waals surface area contributed by atoms with E-state index in [9.17, 15) is 14.7 Å². The van der Waals surface area contributed by atoms with Crippen LogP contribution in [0.25, 0.3) is 0 Å². The molecule has 0 saturated carbocycles. The molecule has 0 saturated heterocycles. The van der Waals surface area contributed by atoms with Crippen molar-refractivity contribution in [1.29, 1.82) is 0 Å². The van der Waals surface area contributed by atoms with Crippen LogP contribution in [0.4, 0.5) is 0 Å². The van der Waals surface area contributed by atoms with Crippen molar-refractivity contribution in [3.8, 4) is 0 Å². The zero-order valence-electron chi connectivity index (χ0n) is 16.9. The Hall–Kier alpha value is -0.940. The lowest BCUT2D eigenvalue weighted by Gasteiger charge is -2.16. The summed E-state index contributed by atoms with van der Waals surface area (Å²) in [5, 5.41) is 18.1. The molecule has 0 heterocycles. The molecule has 0 aliphatic heterocycles. The Kier molecular flexibility index (Phi) is 16.8. The van der Waals surface area contributed by atoms with E-state index in [1.54, 1.807) is 0 Å². The number of esters is 2. The van der Waals surface area contributed by atoms with Crippen LogP contribution < -0.4 is 0 Å². The first kappa shape index (κ1) is 25.1. The molecule has 5 nitrogen and oxygen atoms in total. The number of aliphatic hydroxyl groups is 2. The molecule has 26 heavy (non-hydrogen) atoms. The van der Waals surface area contributed by atoms with Gasteiger partial charge in [0.15, 0.2) is 6.10 Å². The molecule has 1 atom stereocenters. The van der Waals surface area contributed by atoms with Crippen LogP contribution in [-0.2, 0) is 14.3 Å². The summed E-state index contributed by atoms with van der Waals surface area (Å²) < 4.78 is 4.77. The predicted octanol–water partition coefficient (Wildman–Crippen LogP) is 4.53. The van der Waals surface area contributed by atoms with Gasteiger partial charge in [0, 0.05) is 0 Å². The number of hydrogen-bond acceptors (Lipinski definition) is 5. The van der Waals surface area contributed by atoms with Crippen molar-refractivity contribution < 1.29 is 24.5 Å². The second-order valence-corrected chi connectivity index (χ2v) is 7.25. The minimum Gasteiger partial charge on any atom is -0.393 e. The molecule has 0 aromatic rings. The molecule has 0 aliphatic carbocycles. The topological polar surface area (TPSA) is 83.8 Å². The Morgan fingerprint density at radius 3 is 1.58 bits per heavy atom. The normalized spacial score (nSPS) is 12.3. The molecule has 0 fully saturated rings. The number of carbonyl (C=O) groups is 2. The SMILES string of the molecule is CCCCCCCCC(CCCCCCCC)C(=O)OC(=O)C(O)CO. The number of hydrogen-bond donors (Lipinski definition) is 2. The maximum Gasteiger partial charge on any atom is 0.345 e. The van der Waals surface area contributed by atoms with Crippen molar-refractivity contribution in [2.24, 2.45) is 5.92 Å². The molecule has 0 amide bonds. The molecule has 1 unspecified atom stereocenters. The molecule has 2 N–H and O–H groups in total. The number of rotatable bonds is 17. The van der Waals surface area contributed by atoms with Gasteiger partial charge < -0.3 is 14.9 Å². The van der Waals surface area contributed by atoms with E-state index >= 15 is 0 Å². The number of aliphatic hydroxyl groups excluding tert-OH is 2. The zero-order chi connectivity index (χ0) is 19.6. The van der Waals surface area contributed by atoms with E-state index in [-0.39, 0.29) is 5.92 Å². The summed E-state index contributed by atoms with van der Waals surface area (Å²) in [7, 11) is 0. The number of unbranched alkanes of at least 4 members (excludes halogenated alkanes) is 10.